The zero-order valence-electron chi connectivity index (χ0n) is 9.92. The maximum Gasteiger partial charge on any atom is 0.0350 e. The number of hydrogen-bond donors (Lipinski definition) is 1. The molecule has 84 valence electrons. The summed E-state index contributed by atoms with van der Waals surface area (Å²) < 4.78 is 0. The first-order chi connectivity index (χ1) is 7.88. The van der Waals surface area contributed by atoms with Gasteiger partial charge in [0, 0.05) is 24.2 Å². The van der Waals surface area contributed by atoms with Gasteiger partial charge < -0.3 is 5.32 Å². The molecule has 1 nitrogen and oxygen atoms in total. The molecule has 0 spiro atoms. The van der Waals surface area contributed by atoms with E-state index in [9.17, 15) is 0 Å². The van der Waals surface area contributed by atoms with Gasteiger partial charge in [0.2, 0.25) is 0 Å². The number of benzene rings is 1. The normalized spacial score (nSPS) is 16.3. The van der Waals surface area contributed by atoms with E-state index in [2.05, 4.69) is 41.4 Å². The van der Waals surface area contributed by atoms with Crippen molar-refractivity contribution in [2.24, 2.45) is 5.92 Å². The molecule has 0 atom stereocenters. The molecule has 1 N–H and O–H groups in total. The Morgan fingerprint density at radius 3 is 2.75 bits per heavy atom. The zero-order chi connectivity index (χ0) is 11.2. The molecule has 0 radical (unpaired) electrons. The van der Waals surface area contributed by atoms with Crippen molar-refractivity contribution in [2.75, 3.05) is 12.4 Å². The van der Waals surface area contributed by atoms with Gasteiger partial charge in [-0.25, -0.2) is 0 Å². The van der Waals surface area contributed by atoms with E-state index in [-0.39, 0.29) is 0 Å². The molecule has 16 heavy (non-hydrogen) atoms. The Balaban J connectivity index is 2.04. The van der Waals surface area contributed by atoms with Gasteiger partial charge in [0.25, 0.3) is 0 Å². The van der Waals surface area contributed by atoms with Gasteiger partial charge >= 0.3 is 0 Å². The smallest absolute Gasteiger partial charge is 0.0350 e. The average Bonchev–Trinajstić information content (AvgIpc) is 2.38. The van der Waals surface area contributed by atoms with Gasteiger partial charge in [-0.3, -0.25) is 0 Å². The summed E-state index contributed by atoms with van der Waals surface area (Å²) in [5.74, 6) is 7.34. The lowest BCUT2D eigenvalue weighted by Gasteiger charge is -2.15. The van der Waals surface area contributed by atoms with Crippen LogP contribution in [0.25, 0.3) is 0 Å². The van der Waals surface area contributed by atoms with E-state index in [1.54, 1.807) is 0 Å². The standard InChI is InChI=1S/C15H19N/c1-16-15-9-5-8-14(12-15)11-10-13-6-3-2-4-7-13/h5,8-9,12-13,16H,2-4,6-7H2,1H3. The summed E-state index contributed by atoms with van der Waals surface area (Å²) in [4.78, 5) is 0. The first kappa shape index (κ1) is 11.1. The summed E-state index contributed by atoms with van der Waals surface area (Å²) in [6.45, 7) is 0. The van der Waals surface area contributed by atoms with Crippen LogP contribution in [0.3, 0.4) is 0 Å². The van der Waals surface area contributed by atoms with Crippen molar-refractivity contribution in [1.82, 2.24) is 0 Å². The van der Waals surface area contributed by atoms with Crippen molar-refractivity contribution >= 4 is 5.69 Å². The molecule has 0 aliphatic heterocycles. The van der Waals surface area contributed by atoms with Crippen molar-refractivity contribution in [1.29, 1.82) is 0 Å². The van der Waals surface area contributed by atoms with E-state index < -0.39 is 0 Å². The van der Waals surface area contributed by atoms with Gasteiger partial charge in [0.1, 0.15) is 0 Å². The Hall–Kier alpha value is -1.42. The van der Waals surface area contributed by atoms with Crippen LogP contribution in [0.4, 0.5) is 5.69 Å². The van der Waals surface area contributed by atoms with Gasteiger partial charge in [-0.05, 0) is 31.0 Å². The van der Waals surface area contributed by atoms with E-state index in [0.29, 0.717) is 5.92 Å². The van der Waals surface area contributed by atoms with E-state index in [1.807, 2.05) is 7.05 Å². The summed E-state index contributed by atoms with van der Waals surface area (Å²) in [5, 5.41) is 3.14. The topological polar surface area (TPSA) is 12.0 Å². The highest BCUT2D eigenvalue weighted by atomic mass is 14.8. The fraction of sp³-hybridized carbons (Fsp3) is 0.467. The second-order valence-corrected chi connectivity index (χ2v) is 4.44. The summed E-state index contributed by atoms with van der Waals surface area (Å²) in [6, 6.07) is 8.30. The van der Waals surface area contributed by atoms with Gasteiger partial charge in [0.05, 0.1) is 0 Å². The van der Waals surface area contributed by atoms with Crippen molar-refractivity contribution in [2.45, 2.75) is 32.1 Å². The molecule has 0 aromatic heterocycles. The molecule has 1 aromatic carbocycles. The molecule has 1 heteroatoms. The Bertz CT molecular complexity index is 391. The SMILES string of the molecule is CNc1cccc(C#CC2CCCCC2)c1. The van der Waals surface area contributed by atoms with Crippen LogP contribution < -0.4 is 5.32 Å². The predicted molar refractivity (Wildman–Crippen MR) is 69.4 cm³/mol. The van der Waals surface area contributed by atoms with E-state index in [0.717, 1.165) is 11.3 Å². The number of hydrogen-bond acceptors (Lipinski definition) is 1. The van der Waals surface area contributed by atoms with Crippen LogP contribution in [-0.2, 0) is 0 Å². The number of nitrogens with one attached hydrogen (secondary N) is 1. The molecule has 0 amide bonds. The van der Waals surface area contributed by atoms with Gasteiger partial charge in [-0.1, -0.05) is 37.2 Å². The summed E-state index contributed by atoms with van der Waals surface area (Å²) in [5.41, 5.74) is 2.26. The second-order valence-electron chi connectivity index (χ2n) is 4.44. The van der Waals surface area contributed by atoms with Crippen LogP contribution in [0.1, 0.15) is 37.7 Å². The fourth-order valence-electron chi connectivity index (χ4n) is 2.18. The van der Waals surface area contributed by atoms with Crippen LogP contribution in [0, 0.1) is 17.8 Å². The van der Waals surface area contributed by atoms with E-state index >= 15 is 0 Å². The van der Waals surface area contributed by atoms with Crippen LogP contribution in [-0.4, -0.2) is 7.05 Å². The van der Waals surface area contributed by atoms with Gasteiger partial charge in [-0.2, -0.15) is 0 Å². The number of anilines is 1. The second kappa shape index (κ2) is 5.61. The molecule has 2 rings (SSSR count). The molecular weight excluding hydrogens is 194 g/mol. The third kappa shape index (κ3) is 3.03. The van der Waals surface area contributed by atoms with Crippen LogP contribution in [0.5, 0.6) is 0 Å². The Morgan fingerprint density at radius 2 is 2.00 bits per heavy atom. The molecule has 0 heterocycles. The Kier molecular flexibility index (Phi) is 3.88. The molecule has 1 saturated carbocycles. The Labute approximate surface area is 98.3 Å². The highest BCUT2D eigenvalue weighted by Crippen LogP contribution is 2.22. The maximum absolute atomic E-state index is 3.41. The fourth-order valence-corrected chi connectivity index (χ4v) is 2.18. The maximum atomic E-state index is 3.41. The molecule has 1 aliphatic rings. The first-order valence-corrected chi connectivity index (χ1v) is 6.18. The third-order valence-electron chi connectivity index (χ3n) is 3.18. The van der Waals surface area contributed by atoms with Gasteiger partial charge in [-0.15, -0.1) is 0 Å². The largest absolute Gasteiger partial charge is 0.388 e. The van der Waals surface area contributed by atoms with Crippen molar-refractivity contribution in [3.05, 3.63) is 29.8 Å². The molecule has 1 fully saturated rings. The van der Waals surface area contributed by atoms with Crippen molar-refractivity contribution in [3.8, 4) is 11.8 Å². The zero-order valence-corrected chi connectivity index (χ0v) is 9.92. The minimum absolute atomic E-state index is 0.631. The monoisotopic (exact) mass is 213 g/mol. The van der Waals surface area contributed by atoms with Gasteiger partial charge in [0.15, 0.2) is 0 Å². The Morgan fingerprint density at radius 1 is 1.19 bits per heavy atom. The van der Waals surface area contributed by atoms with Crippen LogP contribution in [0.15, 0.2) is 24.3 Å². The lowest BCUT2D eigenvalue weighted by Crippen LogP contribution is -2.03. The van der Waals surface area contributed by atoms with Crippen molar-refractivity contribution in [3.63, 3.8) is 0 Å². The lowest BCUT2D eigenvalue weighted by atomic mass is 9.90. The molecule has 1 aromatic rings. The predicted octanol–water partition coefficient (Wildman–Crippen LogP) is 3.66. The lowest BCUT2D eigenvalue weighted by molar-refractivity contribution is 0.430. The average molecular weight is 213 g/mol. The molecule has 1 aliphatic carbocycles. The summed E-state index contributed by atoms with van der Waals surface area (Å²) >= 11 is 0. The minimum atomic E-state index is 0.631. The quantitative estimate of drug-likeness (QED) is 0.702. The highest BCUT2D eigenvalue weighted by Gasteiger charge is 2.09. The molecule has 0 bridgehead atoms. The highest BCUT2D eigenvalue weighted by molar-refractivity contribution is 5.50. The molecule has 0 unspecified atom stereocenters. The van der Waals surface area contributed by atoms with Crippen molar-refractivity contribution < 1.29 is 0 Å². The van der Waals surface area contributed by atoms with E-state index in [1.165, 1.54) is 32.1 Å². The van der Waals surface area contributed by atoms with E-state index in [4.69, 9.17) is 0 Å². The summed E-state index contributed by atoms with van der Waals surface area (Å²) in [7, 11) is 1.94. The first-order valence-electron chi connectivity index (χ1n) is 6.18. The molecular formula is C15H19N. The van der Waals surface area contributed by atoms with Crippen LogP contribution >= 0.6 is 0 Å². The molecule has 0 saturated heterocycles. The third-order valence-corrected chi connectivity index (χ3v) is 3.18. The summed E-state index contributed by atoms with van der Waals surface area (Å²) in [6.07, 6.45) is 6.69. The van der Waals surface area contributed by atoms with Crippen LogP contribution in [0.2, 0.25) is 0 Å². The number of rotatable bonds is 1. The minimum Gasteiger partial charge on any atom is -0.388 e.